The van der Waals surface area contributed by atoms with Gasteiger partial charge in [0.25, 0.3) is 0 Å². The second-order valence-electron chi connectivity index (χ2n) is 5.82. The van der Waals surface area contributed by atoms with Crippen LogP contribution in [0.15, 0.2) is 4.99 Å². The molecule has 126 valence electrons. The number of aliphatic imine (C=N–C) groups is 1. The van der Waals surface area contributed by atoms with Gasteiger partial charge in [-0.1, -0.05) is 13.3 Å². The Balaban J connectivity index is 3.80. The van der Waals surface area contributed by atoms with Gasteiger partial charge < -0.3 is 15.4 Å². The molecule has 0 atom stereocenters. The highest BCUT2D eigenvalue weighted by molar-refractivity contribution is 5.79. The molecule has 5 nitrogen and oxygen atoms in total. The molecule has 0 heterocycles. The molecule has 0 aliphatic carbocycles. The Hall–Kier alpha value is -0.810. The van der Waals surface area contributed by atoms with Crippen molar-refractivity contribution < 1.29 is 4.74 Å². The third-order valence-corrected chi connectivity index (χ3v) is 3.39. The summed E-state index contributed by atoms with van der Waals surface area (Å²) < 4.78 is 5.52. The lowest BCUT2D eigenvalue weighted by Crippen LogP contribution is -2.45. The summed E-state index contributed by atoms with van der Waals surface area (Å²) in [7, 11) is 1.80. The Kier molecular flexibility index (Phi) is 12.4. The lowest BCUT2D eigenvalue weighted by atomic mass is 10.2. The zero-order chi connectivity index (χ0) is 16.1. The molecule has 0 aromatic heterocycles. The van der Waals surface area contributed by atoms with Crippen LogP contribution in [0.1, 0.15) is 47.5 Å². The Bertz CT molecular complexity index is 259. The van der Waals surface area contributed by atoms with Crippen molar-refractivity contribution in [1.29, 1.82) is 0 Å². The van der Waals surface area contributed by atoms with Gasteiger partial charge in [-0.05, 0) is 34.1 Å². The van der Waals surface area contributed by atoms with Gasteiger partial charge in [-0.15, -0.1) is 0 Å². The largest absolute Gasteiger partial charge is 0.380 e. The van der Waals surface area contributed by atoms with Crippen LogP contribution in [0.2, 0.25) is 0 Å². The molecule has 0 spiro atoms. The van der Waals surface area contributed by atoms with Crippen LogP contribution >= 0.6 is 0 Å². The molecule has 0 unspecified atom stereocenters. The van der Waals surface area contributed by atoms with Crippen LogP contribution < -0.4 is 10.6 Å². The summed E-state index contributed by atoms with van der Waals surface area (Å²) in [4.78, 5) is 6.70. The molecule has 0 saturated carbocycles. The van der Waals surface area contributed by atoms with E-state index in [9.17, 15) is 0 Å². The van der Waals surface area contributed by atoms with E-state index in [0.29, 0.717) is 12.1 Å². The summed E-state index contributed by atoms with van der Waals surface area (Å²) in [6, 6.07) is 1.13. The number of hydrogen-bond acceptors (Lipinski definition) is 3. The topological polar surface area (TPSA) is 48.9 Å². The van der Waals surface area contributed by atoms with Crippen molar-refractivity contribution in [3.63, 3.8) is 0 Å². The summed E-state index contributed by atoms with van der Waals surface area (Å²) >= 11 is 0. The summed E-state index contributed by atoms with van der Waals surface area (Å²) in [5, 5.41) is 6.63. The molecule has 0 radical (unpaired) electrons. The van der Waals surface area contributed by atoms with Crippen LogP contribution in [-0.2, 0) is 4.74 Å². The van der Waals surface area contributed by atoms with E-state index in [2.05, 4.69) is 55.1 Å². The van der Waals surface area contributed by atoms with Crippen LogP contribution in [0.4, 0.5) is 0 Å². The average Bonchev–Trinajstić information content (AvgIpc) is 2.43. The van der Waals surface area contributed by atoms with Gasteiger partial charge in [-0.25, -0.2) is 0 Å². The monoisotopic (exact) mass is 300 g/mol. The lowest BCUT2D eigenvalue weighted by molar-refractivity contribution is 0.136. The van der Waals surface area contributed by atoms with Crippen molar-refractivity contribution in [3.8, 4) is 0 Å². The first kappa shape index (κ1) is 20.2. The Labute approximate surface area is 131 Å². The molecule has 0 amide bonds. The van der Waals surface area contributed by atoms with Crippen LogP contribution in [0, 0.1) is 0 Å². The minimum atomic E-state index is 0.564. The maximum atomic E-state index is 5.52. The van der Waals surface area contributed by atoms with E-state index in [1.807, 2.05) is 0 Å². The molecule has 5 heteroatoms. The minimum Gasteiger partial charge on any atom is -0.380 e. The molecule has 0 bridgehead atoms. The summed E-state index contributed by atoms with van der Waals surface area (Å²) in [6.07, 6.45) is 2.31. The molecule has 0 fully saturated rings. The molecule has 0 aromatic rings. The second kappa shape index (κ2) is 12.9. The summed E-state index contributed by atoms with van der Waals surface area (Å²) in [5.74, 6) is 0.849. The quantitative estimate of drug-likeness (QED) is 0.348. The number of hydrogen-bond donors (Lipinski definition) is 2. The number of unbranched alkanes of at least 4 members (excludes halogenated alkanes) is 1. The van der Waals surface area contributed by atoms with Gasteiger partial charge in [0, 0.05) is 45.4 Å². The van der Waals surface area contributed by atoms with Crippen molar-refractivity contribution in [1.82, 2.24) is 15.5 Å². The first-order valence-corrected chi connectivity index (χ1v) is 8.30. The fraction of sp³-hybridized carbons (Fsp3) is 0.938. The van der Waals surface area contributed by atoms with E-state index >= 15 is 0 Å². The van der Waals surface area contributed by atoms with Gasteiger partial charge in [0.15, 0.2) is 5.96 Å². The van der Waals surface area contributed by atoms with E-state index in [1.54, 1.807) is 7.05 Å². The first-order valence-electron chi connectivity index (χ1n) is 8.30. The summed E-state index contributed by atoms with van der Waals surface area (Å²) in [5.41, 5.74) is 0. The maximum absolute atomic E-state index is 5.52. The number of nitrogens with zero attached hydrogens (tertiary/aromatic N) is 2. The first-order chi connectivity index (χ1) is 10.0. The van der Waals surface area contributed by atoms with Crippen molar-refractivity contribution in [2.75, 3.05) is 39.9 Å². The van der Waals surface area contributed by atoms with E-state index in [0.717, 1.165) is 45.2 Å². The van der Waals surface area contributed by atoms with Crippen LogP contribution in [-0.4, -0.2) is 62.8 Å². The van der Waals surface area contributed by atoms with Crippen molar-refractivity contribution >= 4 is 5.96 Å². The molecular formula is C16H36N4O. The Morgan fingerprint density at radius 3 is 2.19 bits per heavy atom. The lowest BCUT2D eigenvalue weighted by Gasteiger charge is -2.30. The molecule has 0 rings (SSSR count). The van der Waals surface area contributed by atoms with Gasteiger partial charge in [0.05, 0.1) is 6.61 Å². The third-order valence-electron chi connectivity index (χ3n) is 3.39. The van der Waals surface area contributed by atoms with Crippen molar-refractivity contribution in [3.05, 3.63) is 0 Å². The number of rotatable bonds is 11. The van der Waals surface area contributed by atoms with Crippen LogP contribution in [0.25, 0.3) is 0 Å². The number of ether oxygens (including phenoxy) is 1. The van der Waals surface area contributed by atoms with Gasteiger partial charge >= 0.3 is 0 Å². The number of guanidine groups is 1. The molecular weight excluding hydrogens is 264 g/mol. The highest BCUT2D eigenvalue weighted by Crippen LogP contribution is 2.03. The van der Waals surface area contributed by atoms with E-state index in [-0.39, 0.29) is 0 Å². The zero-order valence-corrected chi connectivity index (χ0v) is 14.9. The zero-order valence-electron chi connectivity index (χ0n) is 14.9. The second-order valence-corrected chi connectivity index (χ2v) is 5.82. The van der Waals surface area contributed by atoms with Crippen LogP contribution in [0.5, 0.6) is 0 Å². The fourth-order valence-electron chi connectivity index (χ4n) is 2.23. The van der Waals surface area contributed by atoms with Gasteiger partial charge in [0.1, 0.15) is 0 Å². The van der Waals surface area contributed by atoms with Crippen molar-refractivity contribution in [2.24, 2.45) is 4.99 Å². The Morgan fingerprint density at radius 1 is 1.05 bits per heavy atom. The van der Waals surface area contributed by atoms with Gasteiger partial charge in [0.2, 0.25) is 0 Å². The van der Waals surface area contributed by atoms with Crippen LogP contribution in [0.3, 0.4) is 0 Å². The number of nitrogens with one attached hydrogen (secondary N) is 2. The highest BCUT2D eigenvalue weighted by atomic mass is 16.5. The SMILES string of the molecule is CCCCOCCNC(=NC)NCCN(C(C)C)C(C)C. The highest BCUT2D eigenvalue weighted by Gasteiger charge is 2.12. The van der Waals surface area contributed by atoms with Crippen molar-refractivity contribution in [2.45, 2.75) is 59.5 Å². The Morgan fingerprint density at radius 2 is 1.67 bits per heavy atom. The van der Waals surface area contributed by atoms with Gasteiger partial charge in [-0.2, -0.15) is 0 Å². The minimum absolute atomic E-state index is 0.564. The van der Waals surface area contributed by atoms with E-state index in [1.165, 1.54) is 6.42 Å². The van der Waals surface area contributed by atoms with Gasteiger partial charge in [-0.3, -0.25) is 9.89 Å². The van der Waals surface area contributed by atoms with E-state index < -0.39 is 0 Å². The molecule has 21 heavy (non-hydrogen) atoms. The normalized spacial score (nSPS) is 12.5. The summed E-state index contributed by atoms with van der Waals surface area (Å²) in [6.45, 7) is 15.4. The fourth-order valence-corrected chi connectivity index (χ4v) is 2.23. The van der Waals surface area contributed by atoms with E-state index in [4.69, 9.17) is 4.74 Å². The third kappa shape index (κ3) is 10.5. The predicted octanol–water partition coefficient (Wildman–Crippen LogP) is 2.09. The molecule has 0 aliphatic heterocycles. The molecule has 0 saturated heterocycles. The maximum Gasteiger partial charge on any atom is 0.191 e. The average molecular weight is 300 g/mol. The standard InChI is InChI=1S/C16H36N4O/c1-7-8-12-21-13-10-19-16(17-6)18-9-11-20(14(2)3)15(4)5/h14-15H,7-13H2,1-6H3,(H2,17,18,19). The molecule has 0 aromatic carbocycles. The molecule has 0 aliphatic rings. The molecule has 2 N–H and O–H groups in total. The predicted molar refractivity (Wildman–Crippen MR) is 92.1 cm³/mol. The smallest absolute Gasteiger partial charge is 0.191 e.